The Morgan fingerprint density at radius 1 is 1.57 bits per heavy atom. The van der Waals surface area contributed by atoms with Crippen molar-refractivity contribution in [2.45, 2.75) is 44.7 Å². The smallest absolute Gasteiger partial charge is 0.329 e. The first-order valence-electron chi connectivity index (χ1n) is 7.14. The molecule has 1 N–H and O–H groups in total. The van der Waals surface area contributed by atoms with Gasteiger partial charge in [-0.3, -0.25) is 0 Å². The fourth-order valence-corrected chi connectivity index (χ4v) is 3.54. The summed E-state index contributed by atoms with van der Waals surface area (Å²) in [6, 6.07) is -0.226. The fourth-order valence-electron chi connectivity index (χ4n) is 2.99. The summed E-state index contributed by atoms with van der Waals surface area (Å²) >= 11 is 1.48. The molecule has 0 aromatic carbocycles. The molecule has 0 radical (unpaired) electrons. The standard InChI is InChI=1S/C14H21N3O3S/c1-3-5-14(12(18)19)6-4-7-17(14)13(20)16(2)8-11-9-21-10-15-11/h9-10H,3-8H2,1-2H3,(H,18,19). The van der Waals surface area contributed by atoms with Crippen LogP contribution >= 0.6 is 11.3 Å². The molecular weight excluding hydrogens is 290 g/mol. The van der Waals surface area contributed by atoms with Crippen LogP contribution in [0, 0.1) is 0 Å². The van der Waals surface area contributed by atoms with Gasteiger partial charge in [0.2, 0.25) is 0 Å². The molecule has 116 valence electrons. The molecule has 2 heterocycles. The summed E-state index contributed by atoms with van der Waals surface area (Å²) in [5.74, 6) is -0.891. The average molecular weight is 311 g/mol. The highest BCUT2D eigenvalue weighted by molar-refractivity contribution is 7.07. The lowest BCUT2D eigenvalue weighted by atomic mass is 9.91. The molecule has 1 aromatic rings. The van der Waals surface area contributed by atoms with Crippen molar-refractivity contribution >= 4 is 23.3 Å². The molecule has 1 unspecified atom stereocenters. The van der Waals surface area contributed by atoms with Crippen LogP contribution in [-0.2, 0) is 11.3 Å². The number of thiazole rings is 1. The van der Waals surface area contributed by atoms with E-state index in [9.17, 15) is 14.7 Å². The summed E-state index contributed by atoms with van der Waals surface area (Å²) in [7, 11) is 1.69. The second-order valence-electron chi connectivity index (χ2n) is 5.46. The Labute approximate surface area is 128 Å². The van der Waals surface area contributed by atoms with Crippen LogP contribution in [0.5, 0.6) is 0 Å². The van der Waals surface area contributed by atoms with Crippen LogP contribution in [0.25, 0.3) is 0 Å². The second kappa shape index (κ2) is 6.43. The summed E-state index contributed by atoms with van der Waals surface area (Å²) in [5, 5.41) is 11.5. The van der Waals surface area contributed by atoms with Crippen LogP contribution in [0.15, 0.2) is 10.9 Å². The molecule has 1 aliphatic rings. The van der Waals surface area contributed by atoms with Crippen LogP contribution in [0.3, 0.4) is 0 Å². The molecule has 7 heteroatoms. The molecule has 2 amide bonds. The number of carboxylic acid groups (broad SMARTS) is 1. The largest absolute Gasteiger partial charge is 0.479 e. The lowest BCUT2D eigenvalue weighted by molar-refractivity contribution is -0.148. The molecule has 0 saturated carbocycles. The number of hydrogen-bond acceptors (Lipinski definition) is 4. The maximum atomic E-state index is 12.6. The third-order valence-corrected chi connectivity index (χ3v) is 4.63. The second-order valence-corrected chi connectivity index (χ2v) is 6.18. The Morgan fingerprint density at radius 2 is 2.33 bits per heavy atom. The number of carbonyl (C=O) groups is 2. The van der Waals surface area contributed by atoms with E-state index in [-0.39, 0.29) is 6.03 Å². The van der Waals surface area contributed by atoms with E-state index in [1.165, 1.54) is 16.2 Å². The lowest BCUT2D eigenvalue weighted by Crippen LogP contribution is -2.56. The monoisotopic (exact) mass is 311 g/mol. The molecule has 21 heavy (non-hydrogen) atoms. The number of urea groups is 1. The number of aromatic nitrogens is 1. The highest BCUT2D eigenvalue weighted by Gasteiger charge is 2.49. The molecule has 1 atom stereocenters. The Kier molecular flexibility index (Phi) is 4.82. The molecule has 0 aliphatic carbocycles. The average Bonchev–Trinajstić information content (AvgIpc) is 3.08. The van der Waals surface area contributed by atoms with Gasteiger partial charge in [0.25, 0.3) is 0 Å². The molecule has 6 nitrogen and oxygen atoms in total. The van der Waals surface area contributed by atoms with E-state index in [0.717, 1.165) is 18.5 Å². The fraction of sp³-hybridized carbons (Fsp3) is 0.643. The number of hydrogen-bond donors (Lipinski definition) is 1. The highest BCUT2D eigenvalue weighted by Crippen LogP contribution is 2.34. The van der Waals surface area contributed by atoms with Crippen molar-refractivity contribution in [2.24, 2.45) is 0 Å². The molecule has 2 rings (SSSR count). The normalized spacial score (nSPS) is 21.5. The van der Waals surface area contributed by atoms with Gasteiger partial charge in [-0.2, -0.15) is 0 Å². The van der Waals surface area contributed by atoms with Crippen molar-refractivity contribution in [1.82, 2.24) is 14.8 Å². The lowest BCUT2D eigenvalue weighted by Gasteiger charge is -2.36. The SMILES string of the molecule is CCCC1(C(=O)O)CCCN1C(=O)N(C)Cc1cscn1. The van der Waals surface area contributed by atoms with Gasteiger partial charge < -0.3 is 14.9 Å². The first-order valence-corrected chi connectivity index (χ1v) is 8.08. The van der Waals surface area contributed by atoms with Gasteiger partial charge in [0.05, 0.1) is 17.7 Å². The number of aliphatic carboxylic acids is 1. The Morgan fingerprint density at radius 3 is 2.90 bits per heavy atom. The van der Waals surface area contributed by atoms with E-state index in [1.54, 1.807) is 17.5 Å². The van der Waals surface area contributed by atoms with Gasteiger partial charge in [-0.05, 0) is 19.3 Å². The van der Waals surface area contributed by atoms with Crippen molar-refractivity contribution in [3.05, 3.63) is 16.6 Å². The molecule has 0 bridgehead atoms. The summed E-state index contributed by atoms with van der Waals surface area (Å²) in [4.78, 5) is 31.6. The van der Waals surface area contributed by atoms with Crippen molar-refractivity contribution in [3.8, 4) is 0 Å². The third-order valence-electron chi connectivity index (χ3n) is 3.99. The maximum absolute atomic E-state index is 12.6. The van der Waals surface area contributed by atoms with E-state index in [2.05, 4.69) is 4.98 Å². The molecule has 1 aromatic heterocycles. The predicted molar refractivity (Wildman–Crippen MR) is 80.2 cm³/mol. The zero-order valence-electron chi connectivity index (χ0n) is 12.4. The Balaban J connectivity index is 2.14. The highest BCUT2D eigenvalue weighted by atomic mass is 32.1. The minimum atomic E-state index is -1.04. The van der Waals surface area contributed by atoms with Crippen molar-refractivity contribution in [1.29, 1.82) is 0 Å². The minimum Gasteiger partial charge on any atom is -0.479 e. The molecule has 0 spiro atoms. The summed E-state index contributed by atoms with van der Waals surface area (Å²) in [5.41, 5.74) is 1.51. The molecular formula is C14H21N3O3S. The van der Waals surface area contributed by atoms with Gasteiger partial charge in [0.1, 0.15) is 5.54 Å². The van der Waals surface area contributed by atoms with Crippen LogP contribution in [0.2, 0.25) is 0 Å². The quantitative estimate of drug-likeness (QED) is 0.906. The van der Waals surface area contributed by atoms with E-state index in [4.69, 9.17) is 0 Å². The molecule has 1 fully saturated rings. The maximum Gasteiger partial charge on any atom is 0.329 e. The van der Waals surface area contributed by atoms with Gasteiger partial charge in [0, 0.05) is 19.0 Å². The van der Waals surface area contributed by atoms with Gasteiger partial charge in [-0.15, -0.1) is 11.3 Å². The zero-order valence-corrected chi connectivity index (χ0v) is 13.2. The van der Waals surface area contributed by atoms with E-state index in [0.29, 0.717) is 25.9 Å². The van der Waals surface area contributed by atoms with Crippen molar-refractivity contribution in [2.75, 3.05) is 13.6 Å². The number of nitrogens with zero attached hydrogens (tertiary/aromatic N) is 3. The zero-order chi connectivity index (χ0) is 15.5. The summed E-state index contributed by atoms with van der Waals surface area (Å²) < 4.78 is 0. The third kappa shape index (κ3) is 3.02. The first kappa shape index (κ1) is 15.8. The number of likely N-dealkylation sites (tertiary alicyclic amines) is 1. The van der Waals surface area contributed by atoms with Crippen molar-refractivity contribution in [3.63, 3.8) is 0 Å². The number of amides is 2. The number of carbonyl (C=O) groups excluding carboxylic acids is 1. The van der Waals surface area contributed by atoms with Gasteiger partial charge in [0.15, 0.2) is 0 Å². The van der Waals surface area contributed by atoms with Crippen molar-refractivity contribution < 1.29 is 14.7 Å². The Hall–Kier alpha value is -1.63. The van der Waals surface area contributed by atoms with Crippen LogP contribution in [-0.4, -0.2) is 51.0 Å². The first-order chi connectivity index (χ1) is 10.0. The minimum absolute atomic E-state index is 0.226. The molecule has 1 saturated heterocycles. The van der Waals surface area contributed by atoms with Crippen LogP contribution in [0.4, 0.5) is 4.79 Å². The molecule has 1 aliphatic heterocycles. The Bertz CT molecular complexity index is 506. The van der Waals surface area contributed by atoms with Gasteiger partial charge in [-0.25, -0.2) is 14.6 Å². The number of carboxylic acids is 1. The van der Waals surface area contributed by atoms with Gasteiger partial charge >= 0.3 is 12.0 Å². The van der Waals surface area contributed by atoms with Crippen LogP contribution < -0.4 is 0 Å². The van der Waals surface area contributed by atoms with Crippen LogP contribution in [0.1, 0.15) is 38.3 Å². The van der Waals surface area contributed by atoms with E-state index in [1.807, 2.05) is 12.3 Å². The van der Waals surface area contributed by atoms with E-state index < -0.39 is 11.5 Å². The topological polar surface area (TPSA) is 73.7 Å². The van der Waals surface area contributed by atoms with Gasteiger partial charge in [-0.1, -0.05) is 13.3 Å². The number of rotatable bonds is 5. The summed E-state index contributed by atoms with van der Waals surface area (Å²) in [6.07, 6.45) is 2.51. The summed E-state index contributed by atoms with van der Waals surface area (Å²) in [6.45, 7) is 2.86. The predicted octanol–water partition coefficient (Wildman–Crippen LogP) is 2.41. The van der Waals surface area contributed by atoms with E-state index >= 15 is 0 Å².